The second kappa shape index (κ2) is 5.87. The summed E-state index contributed by atoms with van der Waals surface area (Å²) in [5.41, 5.74) is 4.54. The standard InChI is InChI=1S/C17H17N/c1-3-7-17(15-8-5-4-6-9-15)18-16-12-10-14(2)11-13-16/h3-13,18H,1H2,2H3/b17-7+. The normalized spacial score (nSPS) is 11.1. The molecule has 0 saturated heterocycles. The molecule has 0 aromatic heterocycles. The van der Waals surface area contributed by atoms with E-state index in [0.717, 1.165) is 16.9 Å². The Labute approximate surface area is 108 Å². The molecule has 2 aromatic rings. The van der Waals surface area contributed by atoms with E-state index in [9.17, 15) is 0 Å². The Balaban J connectivity index is 2.25. The molecule has 0 heterocycles. The first kappa shape index (κ1) is 12.2. The molecule has 0 saturated carbocycles. The van der Waals surface area contributed by atoms with Crippen molar-refractivity contribution >= 4 is 11.4 Å². The van der Waals surface area contributed by atoms with Gasteiger partial charge in [-0.25, -0.2) is 0 Å². The molecule has 0 aliphatic carbocycles. The maximum Gasteiger partial charge on any atom is 0.0457 e. The first-order valence-corrected chi connectivity index (χ1v) is 6.01. The van der Waals surface area contributed by atoms with E-state index in [2.05, 4.69) is 55.2 Å². The van der Waals surface area contributed by atoms with Gasteiger partial charge in [-0.05, 0) is 30.7 Å². The summed E-state index contributed by atoms with van der Waals surface area (Å²) in [4.78, 5) is 0. The predicted octanol–water partition coefficient (Wildman–Crippen LogP) is 4.63. The Morgan fingerprint density at radius 1 is 1.00 bits per heavy atom. The van der Waals surface area contributed by atoms with Crippen LogP contribution in [0, 0.1) is 6.92 Å². The second-order valence-electron chi connectivity index (χ2n) is 4.17. The summed E-state index contributed by atoms with van der Waals surface area (Å²) in [6.45, 7) is 5.85. The Kier molecular flexibility index (Phi) is 3.98. The number of rotatable bonds is 4. The molecule has 0 radical (unpaired) electrons. The van der Waals surface area contributed by atoms with Gasteiger partial charge in [-0.2, -0.15) is 0 Å². The third-order valence-electron chi connectivity index (χ3n) is 2.70. The minimum absolute atomic E-state index is 1.05. The van der Waals surface area contributed by atoms with Crippen LogP contribution in [0.5, 0.6) is 0 Å². The fraction of sp³-hybridized carbons (Fsp3) is 0.0588. The maximum atomic E-state index is 3.77. The van der Waals surface area contributed by atoms with Crippen molar-refractivity contribution in [1.29, 1.82) is 0 Å². The van der Waals surface area contributed by atoms with Gasteiger partial charge in [0.25, 0.3) is 0 Å². The molecular formula is C17H17N. The molecule has 0 fully saturated rings. The molecule has 2 rings (SSSR count). The van der Waals surface area contributed by atoms with Crippen molar-refractivity contribution in [2.24, 2.45) is 0 Å². The van der Waals surface area contributed by atoms with E-state index in [1.54, 1.807) is 6.08 Å². The van der Waals surface area contributed by atoms with Crippen LogP contribution in [0.25, 0.3) is 5.70 Å². The van der Waals surface area contributed by atoms with Gasteiger partial charge < -0.3 is 5.32 Å². The highest BCUT2D eigenvalue weighted by molar-refractivity contribution is 5.77. The Morgan fingerprint density at radius 3 is 2.28 bits per heavy atom. The van der Waals surface area contributed by atoms with E-state index < -0.39 is 0 Å². The molecule has 18 heavy (non-hydrogen) atoms. The van der Waals surface area contributed by atoms with E-state index in [1.807, 2.05) is 24.3 Å². The predicted molar refractivity (Wildman–Crippen MR) is 79.4 cm³/mol. The highest BCUT2D eigenvalue weighted by Crippen LogP contribution is 2.18. The molecule has 0 amide bonds. The lowest BCUT2D eigenvalue weighted by atomic mass is 10.1. The zero-order chi connectivity index (χ0) is 12.8. The van der Waals surface area contributed by atoms with Crippen molar-refractivity contribution in [2.75, 3.05) is 5.32 Å². The number of hydrogen-bond acceptors (Lipinski definition) is 1. The summed E-state index contributed by atoms with van der Waals surface area (Å²) in [5, 5.41) is 3.41. The van der Waals surface area contributed by atoms with Crippen LogP contribution in [0.1, 0.15) is 11.1 Å². The highest BCUT2D eigenvalue weighted by Gasteiger charge is 2.00. The van der Waals surface area contributed by atoms with E-state index in [4.69, 9.17) is 0 Å². The lowest BCUT2D eigenvalue weighted by Gasteiger charge is -2.11. The number of benzene rings is 2. The van der Waals surface area contributed by atoms with E-state index >= 15 is 0 Å². The zero-order valence-corrected chi connectivity index (χ0v) is 10.6. The summed E-state index contributed by atoms with van der Waals surface area (Å²) < 4.78 is 0. The Hall–Kier alpha value is -2.28. The number of anilines is 1. The van der Waals surface area contributed by atoms with Crippen molar-refractivity contribution in [3.05, 3.63) is 84.5 Å². The highest BCUT2D eigenvalue weighted by atomic mass is 14.9. The molecule has 0 aliphatic heterocycles. The largest absolute Gasteiger partial charge is 0.355 e. The molecule has 0 spiro atoms. The van der Waals surface area contributed by atoms with Gasteiger partial charge in [0.2, 0.25) is 0 Å². The minimum atomic E-state index is 1.05. The van der Waals surface area contributed by atoms with Crippen LogP contribution >= 0.6 is 0 Å². The molecule has 0 aliphatic rings. The Morgan fingerprint density at radius 2 is 1.67 bits per heavy atom. The summed E-state index contributed by atoms with van der Waals surface area (Å²) in [5.74, 6) is 0. The second-order valence-corrected chi connectivity index (χ2v) is 4.17. The van der Waals surface area contributed by atoms with Crippen LogP contribution in [-0.2, 0) is 0 Å². The smallest absolute Gasteiger partial charge is 0.0457 e. The first-order valence-electron chi connectivity index (χ1n) is 6.01. The number of hydrogen-bond donors (Lipinski definition) is 1. The third kappa shape index (κ3) is 3.11. The van der Waals surface area contributed by atoms with Crippen LogP contribution in [0.15, 0.2) is 73.3 Å². The average Bonchev–Trinajstić information content (AvgIpc) is 2.42. The van der Waals surface area contributed by atoms with Crippen LogP contribution in [0.3, 0.4) is 0 Å². The summed E-state index contributed by atoms with van der Waals surface area (Å²) in [6, 6.07) is 18.6. The van der Waals surface area contributed by atoms with Gasteiger partial charge in [0, 0.05) is 11.4 Å². The topological polar surface area (TPSA) is 12.0 Å². The fourth-order valence-electron chi connectivity index (χ4n) is 1.74. The van der Waals surface area contributed by atoms with Crippen molar-refractivity contribution in [3.63, 3.8) is 0 Å². The number of nitrogens with one attached hydrogen (secondary N) is 1. The number of aryl methyl sites for hydroxylation is 1. The Bertz CT molecular complexity index is 536. The van der Waals surface area contributed by atoms with Gasteiger partial charge in [0.1, 0.15) is 0 Å². The average molecular weight is 235 g/mol. The third-order valence-corrected chi connectivity index (χ3v) is 2.70. The van der Waals surface area contributed by atoms with Crippen molar-refractivity contribution < 1.29 is 0 Å². The summed E-state index contributed by atoms with van der Waals surface area (Å²) >= 11 is 0. The molecule has 90 valence electrons. The summed E-state index contributed by atoms with van der Waals surface area (Å²) in [6.07, 6.45) is 3.78. The van der Waals surface area contributed by atoms with Crippen LogP contribution in [0.4, 0.5) is 5.69 Å². The first-order chi connectivity index (χ1) is 8.79. The quantitative estimate of drug-likeness (QED) is 0.761. The van der Waals surface area contributed by atoms with Gasteiger partial charge in [-0.1, -0.05) is 60.7 Å². The van der Waals surface area contributed by atoms with Gasteiger partial charge in [0.05, 0.1) is 0 Å². The fourth-order valence-corrected chi connectivity index (χ4v) is 1.74. The zero-order valence-electron chi connectivity index (χ0n) is 10.6. The lowest BCUT2D eigenvalue weighted by molar-refractivity contribution is 1.45. The van der Waals surface area contributed by atoms with E-state index in [-0.39, 0.29) is 0 Å². The van der Waals surface area contributed by atoms with Crippen LogP contribution in [0.2, 0.25) is 0 Å². The van der Waals surface area contributed by atoms with Crippen molar-refractivity contribution in [1.82, 2.24) is 0 Å². The molecule has 1 heteroatoms. The summed E-state index contributed by atoms with van der Waals surface area (Å²) in [7, 11) is 0. The minimum Gasteiger partial charge on any atom is -0.355 e. The SMILES string of the molecule is C=C/C=C(/Nc1ccc(C)cc1)c1ccccc1. The van der Waals surface area contributed by atoms with E-state index in [1.165, 1.54) is 5.56 Å². The van der Waals surface area contributed by atoms with Gasteiger partial charge >= 0.3 is 0 Å². The molecule has 1 nitrogen and oxygen atoms in total. The molecule has 0 bridgehead atoms. The van der Waals surface area contributed by atoms with Crippen LogP contribution in [-0.4, -0.2) is 0 Å². The monoisotopic (exact) mass is 235 g/mol. The van der Waals surface area contributed by atoms with E-state index in [0.29, 0.717) is 0 Å². The molecule has 0 unspecified atom stereocenters. The molecule has 2 aromatic carbocycles. The maximum absolute atomic E-state index is 3.77. The molecular weight excluding hydrogens is 218 g/mol. The number of allylic oxidation sites excluding steroid dienone is 2. The van der Waals surface area contributed by atoms with Gasteiger partial charge in [-0.3, -0.25) is 0 Å². The van der Waals surface area contributed by atoms with Crippen LogP contribution < -0.4 is 5.32 Å². The van der Waals surface area contributed by atoms with Gasteiger partial charge in [0.15, 0.2) is 0 Å². The molecule has 0 atom stereocenters. The van der Waals surface area contributed by atoms with Gasteiger partial charge in [-0.15, -0.1) is 0 Å². The van der Waals surface area contributed by atoms with Crippen molar-refractivity contribution in [2.45, 2.75) is 6.92 Å². The molecule has 1 N–H and O–H groups in total. The lowest BCUT2D eigenvalue weighted by Crippen LogP contribution is -1.98. The van der Waals surface area contributed by atoms with Crippen molar-refractivity contribution in [3.8, 4) is 0 Å².